The Kier molecular flexibility index (Phi) is 8.10. The van der Waals surface area contributed by atoms with Crippen molar-refractivity contribution in [3.63, 3.8) is 0 Å². The molecule has 2 aromatic heterocycles. The summed E-state index contributed by atoms with van der Waals surface area (Å²) in [5.74, 6) is 0.480. The Hall–Kier alpha value is -4.33. The average Bonchev–Trinajstić information content (AvgIpc) is 3.39. The number of nitrogens with zero attached hydrogens (tertiary/aromatic N) is 1. The highest BCUT2D eigenvalue weighted by molar-refractivity contribution is 5.94. The number of pyridine rings is 1. The molecule has 8 nitrogen and oxygen atoms in total. The lowest BCUT2D eigenvalue weighted by atomic mass is 9.71. The van der Waals surface area contributed by atoms with Crippen LogP contribution in [-0.4, -0.2) is 41.6 Å². The number of fused-ring (bicyclic) bond motifs is 1. The van der Waals surface area contributed by atoms with Crippen molar-refractivity contribution >= 4 is 28.5 Å². The molecule has 0 saturated heterocycles. The van der Waals surface area contributed by atoms with Crippen molar-refractivity contribution in [2.75, 3.05) is 19.0 Å². The summed E-state index contributed by atoms with van der Waals surface area (Å²) in [5.41, 5.74) is 3.38. The van der Waals surface area contributed by atoms with Crippen molar-refractivity contribution in [3.05, 3.63) is 90.4 Å². The van der Waals surface area contributed by atoms with Gasteiger partial charge in [0.2, 0.25) is 5.91 Å². The molecule has 2 heterocycles. The van der Waals surface area contributed by atoms with E-state index in [1.165, 1.54) is 6.42 Å². The number of rotatable bonds is 9. The molecule has 0 aliphatic heterocycles. The molecule has 3 amide bonds. The fraction of sp³-hybridized carbons (Fsp3) is 0.323. The molecule has 4 aromatic rings. The van der Waals surface area contributed by atoms with Crippen LogP contribution in [0.25, 0.3) is 10.9 Å². The molecule has 8 heteroatoms. The van der Waals surface area contributed by atoms with E-state index in [2.05, 4.69) is 32.0 Å². The number of carbonyl (C=O) groups excluding carboxylic acids is 2. The van der Waals surface area contributed by atoms with Gasteiger partial charge >= 0.3 is 6.03 Å². The van der Waals surface area contributed by atoms with Crippen LogP contribution in [0, 0.1) is 0 Å². The third kappa shape index (κ3) is 6.22. The van der Waals surface area contributed by atoms with Gasteiger partial charge in [-0.1, -0.05) is 43.5 Å². The van der Waals surface area contributed by atoms with Crippen LogP contribution in [0.15, 0.2) is 79.1 Å². The molecule has 0 unspecified atom stereocenters. The van der Waals surface area contributed by atoms with Gasteiger partial charge in [-0.3, -0.25) is 9.78 Å². The van der Waals surface area contributed by atoms with E-state index >= 15 is 0 Å². The van der Waals surface area contributed by atoms with Gasteiger partial charge in [-0.05, 0) is 60.9 Å². The second kappa shape index (κ2) is 12.0. The summed E-state index contributed by atoms with van der Waals surface area (Å²) >= 11 is 0. The number of aromatic nitrogens is 2. The summed E-state index contributed by atoms with van der Waals surface area (Å²) in [6, 6.07) is 19.8. The highest BCUT2D eigenvalue weighted by Crippen LogP contribution is 2.38. The van der Waals surface area contributed by atoms with Gasteiger partial charge < -0.3 is 25.7 Å². The van der Waals surface area contributed by atoms with E-state index in [0.717, 1.165) is 47.8 Å². The lowest BCUT2D eigenvalue weighted by molar-refractivity contribution is -0.123. The van der Waals surface area contributed by atoms with Crippen LogP contribution in [0.4, 0.5) is 10.5 Å². The van der Waals surface area contributed by atoms with Crippen LogP contribution in [-0.2, 0) is 16.6 Å². The van der Waals surface area contributed by atoms with E-state index < -0.39 is 12.1 Å². The highest BCUT2D eigenvalue weighted by Gasteiger charge is 2.36. The summed E-state index contributed by atoms with van der Waals surface area (Å²) in [6.45, 7) is 0.481. The maximum Gasteiger partial charge on any atom is 0.319 e. The number of para-hydroxylation sites is 1. The summed E-state index contributed by atoms with van der Waals surface area (Å²) in [5, 5.41) is 9.97. The predicted molar refractivity (Wildman–Crippen MR) is 153 cm³/mol. The molecule has 1 aliphatic rings. The van der Waals surface area contributed by atoms with E-state index in [0.29, 0.717) is 24.4 Å². The highest BCUT2D eigenvalue weighted by atomic mass is 16.5. The van der Waals surface area contributed by atoms with E-state index in [-0.39, 0.29) is 11.3 Å². The first-order chi connectivity index (χ1) is 19.1. The smallest absolute Gasteiger partial charge is 0.319 e. The number of amides is 3. The number of anilines is 1. The Morgan fingerprint density at radius 3 is 2.51 bits per heavy atom. The Bertz CT molecular complexity index is 1390. The third-order valence-electron chi connectivity index (χ3n) is 7.69. The van der Waals surface area contributed by atoms with Gasteiger partial charge in [-0.15, -0.1) is 0 Å². The largest absolute Gasteiger partial charge is 0.497 e. The number of ether oxygens (including phenoxy) is 1. The Labute approximate surface area is 228 Å². The number of hydrogen-bond acceptors (Lipinski definition) is 4. The van der Waals surface area contributed by atoms with Gasteiger partial charge in [0.25, 0.3) is 0 Å². The average molecular weight is 526 g/mol. The molecule has 1 saturated carbocycles. The maximum atomic E-state index is 13.7. The number of urea groups is 1. The van der Waals surface area contributed by atoms with Crippen LogP contribution < -0.4 is 20.7 Å². The lowest BCUT2D eigenvalue weighted by Crippen LogP contribution is -2.52. The Morgan fingerprint density at radius 1 is 1.00 bits per heavy atom. The van der Waals surface area contributed by atoms with Crippen LogP contribution in [0.1, 0.15) is 43.4 Å². The number of hydrogen-bond donors (Lipinski definition) is 4. The molecule has 1 aliphatic carbocycles. The van der Waals surface area contributed by atoms with Crippen molar-refractivity contribution in [2.24, 2.45) is 0 Å². The Balaban J connectivity index is 1.34. The summed E-state index contributed by atoms with van der Waals surface area (Å²) < 4.78 is 5.19. The van der Waals surface area contributed by atoms with E-state index in [1.807, 2.05) is 48.8 Å². The topological polar surface area (TPSA) is 108 Å². The number of nitrogens with one attached hydrogen (secondary N) is 4. The molecular weight excluding hydrogens is 490 g/mol. The van der Waals surface area contributed by atoms with Crippen molar-refractivity contribution in [2.45, 2.75) is 50.0 Å². The predicted octanol–water partition coefficient (Wildman–Crippen LogP) is 5.32. The fourth-order valence-electron chi connectivity index (χ4n) is 5.54. The first-order valence-corrected chi connectivity index (χ1v) is 13.5. The number of aromatic amines is 1. The zero-order chi connectivity index (χ0) is 27.1. The van der Waals surface area contributed by atoms with Gasteiger partial charge in [0.05, 0.1) is 7.11 Å². The number of H-pyrrole nitrogens is 1. The summed E-state index contributed by atoms with van der Waals surface area (Å²) in [6.07, 6.45) is 9.43. The minimum atomic E-state index is -0.771. The number of methoxy groups -OCH3 is 1. The van der Waals surface area contributed by atoms with Gasteiger partial charge in [0, 0.05) is 53.1 Å². The van der Waals surface area contributed by atoms with Crippen LogP contribution in [0.5, 0.6) is 5.75 Å². The van der Waals surface area contributed by atoms with Crippen LogP contribution in [0.3, 0.4) is 0 Å². The minimum absolute atomic E-state index is 0.203. The standard InChI is InChI=1S/C31H35N5O3/c1-39-24-14-12-23(13-15-24)35-30(38)36-27(19-22-20-33-26-10-4-3-9-25(22)26)29(37)34-21-31(16-6-2-7-17-31)28-11-5-8-18-32-28/h3-5,8-15,18,20,27,33H,2,6-7,16-17,19,21H2,1H3,(H,34,37)(H2,35,36,38)/t27-/m1/s1. The minimum Gasteiger partial charge on any atom is -0.497 e. The first kappa shape index (κ1) is 26.3. The van der Waals surface area contributed by atoms with Gasteiger partial charge in [0.15, 0.2) is 0 Å². The zero-order valence-corrected chi connectivity index (χ0v) is 22.2. The third-order valence-corrected chi connectivity index (χ3v) is 7.69. The number of carbonyl (C=O) groups is 2. The van der Waals surface area contributed by atoms with Crippen molar-refractivity contribution in [1.29, 1.82) is 0 Å². The summed E-state index contributed by atoms with van der Waals surface area (Å²) in [4.78, 5) is 34.6. The van der Waals surface area contributed by atoms with Gasteiger partial charge in [-0.2, -0.15) is 0 Å². The van der Waals surface area contributed by atoms with Crippen molar-refractivity contribution in [1.82, 2.24) is 20.6 Å². The van der Waals surface area contributed by atoms with E-state index in [9.17, 15) is 9.59 Å². The van der Waals surface area contributed by atoms with Crippen LogP contribution >= 0.6 is 0 Å². The molecule has 39 heavy (non-hydrogen) atoms. The molecule has 5 rings (SSSR count). The quantitative estimate of drug-likeness (QED) is 0.237. The SMILES string of the molecule is COc1ccc(NC(=O)N[C@H](Cc2c[nH]c3ccccc23)C(=O)NCC2(c3ccccn3)CCCCC2)cc1. The molecule has 202 valence electrons. The van der Waals surface area contributed by atoms with Gasteiger partial charge in [-0.25, -0.2) is 4.79 Å². The maximum absolute atomic E-state index is 13.7. The van der Waals surface area contributed by atoms with Gasteiger partial charge in [0.1, 0.15) is 11.8 Å². The second-order valence-electron chi connectivity index (χ2n) is 10.2. The molecule has 0 spiro atoms. The lowest BCUT2D eigenvalue weighted by Gasteiger charge is -2.37. The van der Waals surface area contributed by atoms with E-state index in [4.69, 9.17) is 4.74 Å². The van der Waals surface area contributed by atoms with Crippen molar-refractivity contribution < 1.29 is 14.3 Å². The van der Waals surface area contributed by atoms with Crippen molar-refractivity contribution in [3.8, 4) is 5.75 Å². The summed E-state index contributed by atoms with van der Waals surface area (Å²) in [7, 11) is 1.59. The molecular formula is C31H35N5O3. The number of benzene rings is 2. The van der Waals surface area contributed by atoms with E-state index in [1.54, 1.807) is 31.4 Å². The molecule has 2 aromatic carbocycles. The molecule has 1 fully saturated rings. The molecule has 1 atom stereocenters. The zero-order valence-electron chi connectivity index (χ0n) is 22.2. The molecule has 4 N–H and O–H groups in total. The Morgan fingerprint density at radius 2 is 1.77 bits per heavy atom. The fourth-order valence-corrected chi connectivity index (χ4v) is 5.54. The molecule has 0 bridgehead atoms. The second-order valence-corrected chi connectivity index (χ2v) is 10.2. The molecule has 0 radical (unpaired) electrons. The first-order valence-electron chi connectivity index (χ1n) is 13.5. The van der Waals surface area contributed by atoms with Crippen LogP contribution in [0.2, 0.25) is 0 Å². The normalized spacial score (nSPS) is 15.3. The monoisotopic (exact) mass is 525 g/mol.